The monoisotopic (exact) mass is 325 g/mol. The maximum absolute atomic E-state index is 13.5. The van der Waals surface area contributed by atoms with Gasteiger partial charge >= 0.3 is 0 Å². The van der Waals surface area contributed by atoms with Crippen molar-refractivity contribution in [3.05, 3.63) is 34.1 Å². The zero-order valence-electron chi connectivity index (χ0n) is 11.2. The molecule has 1 unspecified atom stereocenters. The van der Waals surface area contributed by atoms with Crippen LogP contribution in [0.15, 0.2) is 22.7 Å². The summed E-state index contributed by atoms with van der Waals surface area (Å²) in [6, 6.07) is 5.99. The van der Waals surface area contributed by atoms with Crippen molar-refractivity contribution >= 4 is 15.9 Å². The number of nitrogens with zero attached hydrogens (tertiary/aromatic N) is 1. The zero-order chi connectivity index (χ0) is 13.2. The molecule has 1 aromatic carbocycles. The maximum Gasteiger partial charge on any atom is 0.124 e. The first-order valence-corrected chi connectivity index (χ1v) is 8.21. The lowest BCUT2D eigenvalue weighted by Crippen LogP contribution is -2.34. The normalized spacial score (nSPS) is 25.3. The summed E-state index contributed by atoms with van der Waals surface area (Å²) in [4.78, 5) is 2.58. The summed E-state index contributed by atoms with van der Waals surface area (Å²) in [5.41, 5.74) is 1.09. The van der Waals surface area contributed by atoms with Gasteiger partial charge in [0.1, 0.15) is 5.82 Å². The Morgan fingerprint density at radius 2 is 1.89 bits per heavy atom. The van der Waals surface area contributed by atoms with E-state index in [0.717, 1.165) is 28.5 Å². The minimum atomic E-state index is -0.138. The third kappa shape index (κ3) is 3.19. The molecule has 3 heteroatoms. The Morgan fingerprint density at radius 3 is 2.63 bits per heavy atom. The van der Waals surface area contributed by atoms with E-state index in [-0.39, 0.29) is 5.82 Å². The van der Waals surface area contributed by atoms with Gasteiger partial charge in [0, 0.05) is 17.1 Å². The van der Waals surface area contributed by atoms with Gasteiger partial charge in [0.05, 0.1) is 0 Å². The van der Waals surface area contributed by atoms with E-state index in [1.54, 1.807) is 6.07 Å². The molecular formula is C16H21BrFN. The molecule has 104 valence electrons. The number of halogens is 2. The topological polar surface area (TPSA) is 3.24 Å². The summed E-state index contributed by atoms with van der Waals surface area (Å²) in [7, 11) is 0. The van der Waals surface area contributed by atoms with Gasteiger partial charge in [0.2, 0.25) is 0 Å². The molecule has 0 amide bonds. The fraction of sp³-hybridized carbons (Fsp3) is 0.625. The molecule has 1 atom stereocenters. The molecule has 0 radical (unpaired) electrons. The van der Waals surface area contributed by atoms with E-state index < -0.39 is 0 Å². The van der Waals surface area contributed by atoms with Crippen molar-refractivity contribution in [1.29, 1.82) is 0 Å². The summed E-state index contributed by atoms with van der Waals surface area (Å²) in [5.74, 6) is 0.750. The first-order chi connectivity index (χ1) is 9.22. The highest BCUT2D eigenvalue weighted by atomic mass is 79.9. The zero-order valence-corrected chi connectivity index (χ0v) is 12.8. The van der Waals surface area contributed by atoms with Crippen LogP contribution in [0.1, 0.15) is 44.1 Å². The Morgan fingerprint density at radius 1 is 1.11 bits per heavy atom. The minimum absolute atomic E-state index is 0.138. The van der Waals surface area contributed by atoms with Crippen molar-refractivity contribution in [2.24, 2.45) is 5.92 Å². The minimum Gasteiger partial charge on any atom is -0.296 e. The van der Waals surface area contributed by atoms with Gasteiger partial charge in [-0.25, -0.2) is 4.39 Å². The molecule has 3 rings (SSSR count). The van der Waals surface area contributed by atoms with Crippen molar-refractivity contribution in [2.75, 3.05) is 6.54 Å². The van der Waals surface area contributed by atoms with Crippen molar-refractivity contribution < 1.29 is 4.39 Å². The van der Waals surface area contributed by atoms with Crippen LogP contribution in [-0.2, 0) is 6.54 Å². The summed E-state index contributed by atoms with van der Waals surface area (Å²) in [6.45, 7) is 2.08. The third-order valence-electron chi connectivity index (χ3n) is 4.67. The van der Waals surface area contributed by atoms with Crippen molar-refractivity contribution in [3.8, 4) is 0 Å². The van der Waals surface area contributed by atoms with Crippen LogP contribution in [0.2, 0.25) is 0 Å². The average Bonchev–Trinajstić information content (AvgIpc) is 2.96. The van der Waals surface area contributed by atoms with Crippen LogP contribution in [0.3, 0.4) is 0 Å². The lowest BCUT2D eigenvalue weighted by Gasteiger charge is -2.29. The molecule has 1 nitrogen and oxygen atoms in total. The van der Waals surface area contributed by atoms with Gasteiger partial charge in [0.15, 0.2) is 0 Å². The van der Waals surface area contributed by atoms with Crippen LogP contribution < -0.4 is 0 Å². The van der Waals surface area contributed by atoms with Gasteiger partial charge < -0.3 is 0 Å². The molecule has 1 heterocycles. The molecule has 1 aliphatic heterocycles. The number of rotatable bonds is 3. The SMILES string of the molecule is Fc1cc(Br)cc(CN2CCCC2C2CCCC2)c1. The molecule has 0 bridgehead atoms. The fourth-order valence-corrected chi connectivity index (χ4v) is 4.37. The van der Waals surface area contributed by atoms with Crippen molar-refractivity contribution in [1.82, 2.24) is 4.90 Å². The van der Waals surface area contributed by atoms with Crippen LogP contribution in [0.25, 0.3) is 0 Å². The van der Waals surface area contributed by atoms with E-state index in [4.69, 9.17) is 0 Å². The number of hydrogen-bond donors (Lipinski definition) is 0. The van der Waals surface area contributed by atoms with Gasteiger partial charge in [-0.1, -0.05) is 28.8 Å². The van der Waals surface area contributed by atoms with Gasteiger partial charge in [-0.15, -0.1) is 0 Å². The smallest absolute Gasteiger partial charge is 0.124 e. The first kappa shape index (κ1) is 13.6. The van der Waals surface area contributed by atoms with E-state index in [2.05, 4.69) is 20.8 Å². The van der Waals surface area contributed by atoms with Crippen molar-refractivity contribution in [2.45, 2.75) is 51.1 Å². The van der Waals surface area contributed by atoms with Crippen LogP contribution in [0.4, 0.5) is 4.39 Å². The second kappa shape index (κ2) is 5.92. The lowest BCUT2D eigenvalue weighted by atomic mass is 9.96. The standard InChI is InChI=1S/C16H21BrFN/c17-14-8-12(9-15(18)10-14)11-19-7-3-6-16(19)13-4-1-2-5-13/h8-10,13,16H,1-7,11H2. The van der Waals surface area contributed by atoms with Gasteiger partial charge in [-0.3, -0.25) is 4.90 Å². The fourth-order valence-electron chi connectivity index (χ4n) is 3.86. The van der Waals surface area contributed by atoms with E-state index in [0.29, 0.717) is 0 Å². The van der Waals surface area contributed by atoms with Gasteiger partial charge in [-0.2, -0.15) is 0 Å². The summed E-state index contributed by atoms with van der Waals surface area (Å²) in [5, 5.41) is 0. The van der Waals surface area contributed by atoms with Crippen LogP contribution in [0.5, 0.6) is 0 Å². The lowest BCUT2D eigenvalue weighted by molar-refractivity contribution is 0.183. The maximum atomic E-state index is 13.5. The van der Waals surface area contributed by atoms with E-state index >= 15 is 0 Å². The molecule has 1 saturated carbocycles. The molecule has 1 saturated heterocycles. The highest BCUT2D eigenvalue weighted by molar-refractivity contribution is 9.10. The molecule has 0 aromatic heterocycles. The Balaban J connectivity index is 1.70. The molecule has 0 spiro atoms. The van der Waals surface area contributed by atoms with Gasteiger partial charge in [-0.05, 0) is 61.9 Å². The van der Waals surface area contributed by atoms with E-state index in [9.17, 15) is 4.39 Å². The number of hydrogen-bond acceptors (Lipinski definition) is 1. The van der Waals surface area contributed by atoms with E-state index in [1.807, 2.05) is 6.07 Å². The molecule has 1 aliphatic carbocycles. The highest BCUT2D eigenvalue weighted by Gasteiger charge is 2.33. The second-order valence-corrected chi connectivity index (χ2v) is 6.92. The molecule has 2 aliphatic rings. The predicted octanol–water partition coefficient (Wildman–Crippen LogP) is 4.74. The van der Waals surface area contributed by atoms with Crippen LogP contribution >= 0.6 is 15.9 Å². The van der Waals surface area contributed by atoms with Crippen LogP contribution in [0, 0.1) is 11.7 Å². The molecule has 19 heavy (non-hydrogen) atoms. The Bertz CT molecular complexity index is 422. The largest absolute Gasteiger partial charge is 0.296 e. The molecule has 0 N–H and O–H groups in total. The second-order valence-electron chi connectivity index (χ2n) is 6.00. The third-order valence-corrected chi connectivity index (χ3v) is 5.12. The van der Waals surface area contributed by atoms with Crippen LogP contribution in [-0.4, -0.2) is 17.5 Å². The first-order valence-electron chi connectivity index (χ1n) is 7.41. The highest BCUT2D eigenvalue weighted by Crippen LogP contribution is 2.36. The van der Waals surface area contributed by atoms with E-state index in [1.165, 1.54) is 51.1 Å². The summed E-state index contributed by atoms with van der Waals surface area (Å²) >= 11 is 3.39. The number of benzene rings is 1. The van der Waals surface area contributed by atoms with Gasteiger partial charge in [0.25, 0.3) is 0 Å². The molecule has 2 fully saturated rings. The molecular weight excluding hydrogens is 305 g/mol. The van der Waals surface area contributed by atoms with Crippen molar-refractivity contribution in [3.63, 3.8) is 0 Å². The summed E-state index contributed by atoms with van der Waals surface area (Å²) < 4.78 is 14.3. The average molecular weight is 326 g/mol. The Labute approximate surface area is 123 Å². The quantitative estimate of drug-likeness (QED) is 0.775. The summed E-state index contributed by atoms with van der Waals surface area (Å²) in [6.07, 6.45) is 8.24. The molecule has 1 aromatic rings. The number of likely N-dealkylation sites (tertiary alicyclic amines) is 1. The predicted molar refractivity (Wildman–Crippen MR) is 79.5 cm³/mol. The Kier molecular flexibility index (Phi) is 4.23. The Hall–Kier alpha value is -0.410.